The molecule has 1 aromatic rings. The lowest BCUT2D eigenvalue weighted by Crippen LogP contribution is -2.32. The molecule has 0 bridgehead atoms. The number of nitrogens with one attached hydrogen (secondary N) is 2. The molecule has 0 saturated carbocycles. The van der Waals surface area contributed by atoms with Gasteiger partial charge < -0.3 is 15.4 Å². The predicted octanol–water partition coefficient (Wildman–Crippen LogP) is 1.69. The summed E-state index contributed by atoms with van der Waals surface area (Å²) in [5.41, 5.74) is 0. The van der Waals surface area contributed by atoms with Crippen LogP contribution in [-0.2, 0) is 16.1 Å². The molecule has 2 fully saturated rings. The fourth-order valence-corrected chi connectivity index (χ4v) is 4.38. The molecule has 1 aromatic heterocycles. The van der Waals surface area contributed by atoms with Gasteiger partial charge >= 0.3 is 0 Å². The molecule has 3 heterocycles. The summed E-state index contributed by atoms with van der Waals surface area (Å²) in [5.74, 6) is 0.133. The van der Waals surface area contributed by atoms with E-state index in [1.165, 1.54) is 17.7 Å². The SMILES string of the molecule is COC[C@H]1CCCN1Cc1cnc(NC(=O)C2CCNC2C)s1. The molecule has 2 aliphatic rings. The van der Waals surface area contributed by atoms with Crippen LogP contribution in [0.1, 0.15) is 31.1 Å². The third-order valence-electron chi connectivity index (χ3n) is 4.86. The Kier molecular flexibility index (Phi) is 5.63. The zero-order valence-electron chi connectivity index (χ0n) is 13.9. The molecule has 2 N–H and O–H groups in total. The normalized spacial score (nSPS) is 28.3. The fourth-order valence-electron chi connectivity index (χ4n) is 3.54. The number of nitrogens with zero attached hydrogens (tertiary/aromatic N) is 2. The molecule has 0 radical (unpaired) electrons. The van der Waals surface area contributed by atoms with Gasteiger partial charge in [0, 0.05) is 36.8 Å². The van der Waals surface area contributed by atoms with E-state index in [4.69, 9.17) is 4.74 Å². The first-order valence-corrected chi connectivity index (χ1v) is 9.21. The average molecular weight is 338 g/mol. The molecule has 2 aliphatic heterocycles. The number of rotatable bonds is 6. The maximum Gasteiger partial charge on any atom is 0.230 e. The number of likely N-dealkylation sites (tertiary alicyclic amines) is 1. The molecule has 3 atom stereocenters. The van der Waals surface area contributed by atoms with Crippen LogP contribution in [0.2, 0.25) is 0 Å². The number of hydrogen-bond acceptors (Lipinski definition) is 6. The van der Waals surface area contributed by atoms with Crippen LogP contribution in [0.3, 0.4) is 0 Å². The second-order valence-electron chi connectivity index (χ2n) is 6.48. The third-order valence-corrected chi connectivity index (χ3v) is 5.76. The number of methoxy groups -OCH3 is 1. The van der Waals surface area contributed by atoms with E-state index in [0.717, 1.165) is 32.7 Å². The van der Waals surface area contributed by atoms with E-state index >= 15 is 0 Å². The lowest BCUT2D eigenvalue weighted by molar-refractivity contribution is -0.120. The molecular weight excluding hydrogens is 312 g/mol. The van der Waals surface area contributed by atoms with Gasteiger partial charge in [-0.25, -0.2) is 4.98 Å². The molecule has 128 valence electrons. The standard InChI is InChI=1S/C16H26N4O2S/c1-11-14(5-6-17-11)15(21)19-16-18-8-13(23-16)9-20-7-3-4-12(20)10-22-2/h8,11-12,14,17H,3-7,9-10H2,1-2H3,(H,18,19,21)/t11?,12-,14?/m1/s1. The Morgan fingerprint density at radius 3 is 3.17 bits per heavy atom. The maximum atomic E-state index is 12.3. The summed E-state index contributed by atoms with van der Waals surface area (Å²) in [5, 5.41) is 7.01. The smallest absolute Gasteiger partial charge is 0.230 e. The summed E-state index contributed by atoms with van der Waals surface area (Å²) in [7, 11) is 1.76. The summed E-state index contributed by atoms with van der Waals surface area (Å²) in [6.07, 6.45) is 5.21. The third kappa shape index (κ3) is 4.09. The van der Waals surface area contributed by atoms with Crippen LogP contribution in [0.25, 0.3) is 0 Å². The first-order chi connectivity index (χ1) is 11.2. The maximum absolute atomic E-state index is 12.3. The first kappa shape index (κ1) is 16.8. The molecule has 2 unspecified atom stereocenters. The molecular formula is C16H26N4O2S. The molecule has 0 aliphatic carbocycles. The summed E-state index contributed by atoms with van der Waals surface area (Å²) in [6, 6.07) is 0.749. The molecule has 3 rings (SSSR count). The first-order valence-electron chi connectivity index (χ1n) is 8.39. The van der Waals surface area contributed by atoms with Crippen LogP contribution in [0, 0.1) is 5.92 Å². The van der Waals surface area contributed by atoms with Crippen LogP contribution >= 0.6 is 11.3 Å². The molecule has 0 aromatic carbocycles. The van der Waals surface area contributed by atoms with Gasteiger partial charge in [-0.15, -0.1) is 11.3 Å². The van der Waals surface area contributed by atoms with E-state index in [-0.39, 0.29) is 17.9 Å². The van der Waals surface area contributed by atoms with Crippen molar-refractivity contribution in [2.45, 2.75) is 44.8 Å². The molecule has 6 nitrogen and oxygen atoms in total. The highest BCUT2D eigenvalue weighted by atomic mass is 32.1. The molecule has 2 saturated heterocycles. The topological polar surface area (TPSA) is 66.5 Å². The monoisotopic (exact) mass is 338 g/mol. The van der Waals surface area contributed by atoms with Crippen molar-refractivity contribution >= 4 is 22.4 Å². The van der Waals surface area contributed by atoms with Crippen molar-refractivity contribution in [3.63, 3.8) is 0 Å². The highest BCUT2D eigenvalue weighted by Gasteiger charge is 2.30. The lowest BCUT2D eigenvalue weighted by atomic mass is 10.0. The molecule has 1 amide bonds. The lowest BCUT2D eigenvalue weighted by Gasteiger charge is -2.22. The average Bonchev–Trinajstić information content (AvgIpc) is 3.23. The number of carbonyl (C=O) groups is 1. The Morgan fingerprint density at radius 1 is 1.57 bits per heavy atom. The predicted molar refractivity (Wildman–Crippen MR) is 91.6 cm³/mol. The number of aromatic nitrogens is 1. The van der Waals surface area contributed by atoms with Gasteiger partial charge in [0.05, 0.1) is 12.5 Å². The Labute approximate surface area is 141 Å². The van der Waals surface area contributed by atoms with Gasteiger partial charge in [-0.1, -0.05) is 0 Å². The minimum Gasteiger partial charge on any atom is -0.383 e. The van der Waals surface area contributed by atoms with E-state index < -0.39 is 0 Å². The van der Waals surface area contributed by atoms with Crippen molar-refractivity contribution in [3.05, 3.63) is 11.1 Å². The van der Waals surface area contributed by atoms with E-state index in [1.807, 2.05) is 6.20 Å². The number of amides is 1. The van der Waals surface area contributed by atoms with Crippen LogP contribution in [-0.4, -0.2) is 54.7 Å². The van der Waals surface area contributed by atoms with E-state index in [1.54, 1.807) is 18.4 Å². The second kappa shape index (κ2) is 7.70. The van der Waals surface area contributed by atoms with Gasteiger partial charge in [-0.05, 0) is 39.3 Å². The summed E-state index contributed by atoms with van der Waals surface area (Å²) in [4.78, 5) is 20.3. The zero-order chi connectivity index (χ0) is 16.2. The number of anilines is 1. The van der Waals surface area contributed by atoms with Crippen molar-refractivity contribution in [2.24, 2.45) is 5.92 Å². The Hall–Kier alpha value is -1.02. The number of hydrogen-bond donors (Lipinski definition) is 2. The zero-order valence-corrected chi connectivity index (χ0v) is 14.7. The fraction of sp³-hybridized carbons (Fsp3) is 0.750. The Balaban J connectivity index is 1.54. The van der Waals surface area contributed by atoms with Gasteiger partial charge in [0.25, 0.3) is 0 Å². The minimum absolute atomic E-state index is 0.0482. The second-order valence-corrected chi connectivity index (χ2v) is 7.60. The molecule has 23 heavy (non-hydrogen) atoms. The van der Waals surface area contributed by atoms with Gasteiger partial charge in [0.15, 0.2) is 5.13 Å². The van der Waals surface area contributed by atoms with Crippen LogP contribution in [0.4, 0.5) is 5.13 Å². The Bertz CT molecular complexity index is 536. The van der Waals surface area contributed by atoms with Crippen LogP contribution in [0.5, 0.6) is 0 Å². The quantitative estimate of drug-likeness (QED) is 0.826. The van der Waals surface area contributed by atoms with Crippen molar-refractivity contribution < 1.29 is 9.53 Å². The Morgan fingerprint density at radius 2 is 2.43 bits per heavy atom. The highest BCUT2D eigenvalue weighted by molar-refractivity contribution is 7.15. The van der Waals surface area contributed by atoms with Crippen molar-refractivity contribution in [2.75, 3.05) is 32.1 Å². The van der Waals surface area contributed by atoms with E-state index in [9.17, 15) is 4.79 Å². The largest absolute Gasteiger partial charge is 0.383 e. The van der Waals surface area contributed by atoms with Crippen LogP contribution in [0.15, 0.2) is 6.20 Å². The minimum atomic E-state index is 0.0482. The summed E-state index contributed by atoms with van der Waals surface area (Å²) < 4.78 is 5.30. The van der Waals surface area contributed by atoms with Gasteiger partial charge in [0.1, 0.15) is 0 Å². The summed E-state index contributed by atoms with van der Waals surface area (Å²) >= 11 is 1.58. The highest BCUT2D eigenvalue weighted by Crippen LogP contribution is 2.26. The van der Waals surface area contributed by atoms with Crippen molar-refractivity contribution in [3.8, 4) is 0 Å². The molecule has 0 spiro atoms. The van der Waals surface area contributed by atoms with Crippen LogP contribution < -0.4 is 10.6 Å². The number of thiazole rings is 1. The van der Waals surface area contributed by atoms with Gasteiger partial charge in [0.2, 0.25) is 5.91 Å². The summed E-state index contributed by atoms with van der Waals surface area (Å²) in [6.45, 7) is 5.77. The van der Waals surface area contributed by atoms with E-state index in [0.29, 0.717) is 11.2 Å². The van der Waals surface area contributed by atoms with Crippen molar-refractivity contribution in [1.29, 1.82) is 0 Å². The molecule has 7 heteroatoms. The van der Waals surface area contributed by atoms with Gasteiger partial charge in [-0.2, -0.15) is 0 Å². The van der Waals surface area contributed by atoms with Gasteiger partial charge in [-0.3, -0.25) is 9.69 Å². The number of carbonyl (C=O) groups excluding carboxylic acids is 1. The number of ether oxygens (including phenoxy) is 1. The van der Waals surface area contributed by atoms with E-state index in [2.05, 4.69) is 27.4 Å². The van der Waals surface area contributed by atoms with Crippen molar-refractivity contribution in [1.82, 2.24) is 15.2 Å².